The Balaban J connectivity index is 1.95. The van der Waals surface area contributed by atoms with Crippen molar-refractivity contribution in [2.75, 3.05) is 6.61 Å². The zero-order valence-corrected chi connectivity index (χ0v) is 20.1. The zero-order chi connectivity index (χ0) is 20.9. The molecule has 1 aromatic carbocycles. The van der Waals surface area contributed by atoms with Crippen LogP contribution in [0.5, 0.6) is 5.75 Å². The van der Waals surface area contributed by atoms with Gasteiger partial charge < -0.3 is 31.4 Å². The fourth-order valence-corrected chi connectivity index (χ4v) is 14.6. The minimum absolute atomic E-state index is 0.133. The van der Waals surface area contributed by atoms with Crippen LogP contribution in [0.15, 0.2) is 18.2 Å². The van der Waals surface area contributed by atoms with E-state index in [0.29, 0.717) is 12.5 Å². The molecule has 0 spiro atoms. The maximum Gasteiger partial charge on any atom is 0.362 e. The molecule has 1 saturated heterocycles. The number of ether oxygens (including phenoxy) is 1. The molecule has 3 radical (unpaired) electrons. The molecule has 13 heteroatoms. The summed E-state index contributed by atoms with van der Waals surface area (Å²) in [6, 6.07) is 4.37. The van der Waals surface area contributed by atoms with Gasteiger partial charge in [0.2, 0.25) is 0 Å². The molecule has 2 rings (SSSR count). The Morgan fingerprint density at radius 3 is 1.93 bits per heavy atom. The third-order valence-electron chi connectivity index (χ3n) is 3.74. The van der Waals surface area contributed by atoms with Gasteiger partial charge >= 0.3 is 48.4 Å². The summed E-state index contributed by atoms with van der Waals surface area (Å²) in [5.74, 6) is -2.22. The first-order chi connectivity index (χ1) is 13.1. The van der Waals surface area contributed by atoms with E-state index in [-0.39, 0.29) is 23.5 Å². The SMILES string of the molecule is C[Si]1O[Si](C)O[Si](C)(CCCOc2cc(C(=O)O)cc(C(=O)O)c2)O[Si](C)O1. The summed E-state index contributed by atoms with van der Waals surface area (Å²) < 4.78 is 29.5. The molecule has 1 aromatic rings. The van der Waals surface area contributed by atoms with Crippen molar-refractivity contribution in [3.63, 3.8) is 0 Å². The van der Waals surface area contributed by atoms with E-state index in [1.54, 1.807) is 0 Å². The molecule has 153 valence electrons. The van der Waals surface area contributed by atoms with Crippen LogP contribution in [0.1, 0.15) is 27.1 Å². The second kappa shape index (κ2) is 9.93. The highest BCUT2D eigenvalue weighted by atomic mass is 28.5. The molecule has 0 atom stereocenters. The largest absolute Gasteiger partial charge is 0.494 e. The van der Waals surface area contributed by atoms with Crippen molar-refractivity contribution >= 4 is 48.4 Å². The van der Waals surface area contributed by atoms with Gasteiger partial charge in [-0.3, -0.25) is 0 Å². The van der Waals surface area contributed by atoms with E-state index in [0.717, 1.165) is 6.07 Å². The topological polar surface area (TPSA) is 121 Å². The lowest BCUT2D eigenvalue weighted by Gasteiger charge is -2.35. The van der Waals surface area contributed by atoms with Crippen molar-refractivity contribution in [1.82, 2.24) is 0 Å². The predicted molar refractivity (Wildman–Crippen MR) is 106 cm³/mol. The first kappa shape index (κ1) is 23.0. The maximum absolute atomic E-state index is 11.2. The second-order valence-electron chi connectivity index (χ2n) is 6.33. The van der Waals surface area contributed by atoms with Crippen LogP contribution in [0, 0.1) is 0 Å². The number of rotatable bonds is 7. The van der Waals surface area contributed by atoms with Crippen molar-refractivity contribution in [3.05, 3.63) is 29.3 Å². The molecule has 1 aliphatic heterocycles. The van der Waals surface area contributed by atoms with Gasteiger partial charge in [0.15, 0.2) is 0 Å². The van der Waals surface area contributed by atoms with Crippen LogP contribution in [0.3, 0.4) is 0 Å². The Kier molecular flexibility index (Phi) is 8.14. The number of carboxylic acids is 2. The molecule has 9 nitrogen and oxygen atoms in total. The first-order valence-electron chi connectivity index (χ1n) is 8.57. The summed E-state index contributed by atoms with van der Waals surface area (Å²) in [5.41, 5.74) is -0.267. The van der Waals surface area contributed by atoms with E-state index in [4.69, 9.17) is 31.4 Å². The fraction of sp³-hybridized carbons (Fsp3) is 0.467. The van der Waals surface area contributed by atoms with Crippen LogP contribution >= 0.6 is 0 Å². The summed E-state index contributed by atoms with van der Waals surface area (Å²) in [7, 11) is -6.71. The van der Waals surface area contributed by atoms with E-state index in [9.17, 15) is 9.59 Å². The highest BCUT2D eigenvalue weighted by Gasteiger charge is 2.40. The van der Waals surface area contributed by atoms with Crippen molar-refractivity contribution < 1.29 is 41.0 Å². The number of carboxylic acid groups (broad SMARTS) is 2. The summed E-state index contributed by atoms with van der Waals surface area (Å²) in [6.07, 6.45) is 0.608. The summed E-state index contributed by atoms with van der Waals surface area (Å²) in [6.45, 7) is 8.02. The standard InChI is InChI=1S/C15H23O9Si4/c1-25-21-26(2)23-28(4,24-27(3)22-25)7-5-6-20-13-9-11(14(16)17)8-12(10-13)15(18)19/h8-10H,5-7H2,1-4H3,(H,16,17)(H,18,19). The van der Waals surface area contributed by atoms with Crippen LogP contribution in [0.25, 0.3) is 0 Å². The van der Waals surface area contributed by atoms with Crippen molar-refractivity contribution in [2.24, 2.45) is 0 Å². The Hall–Kier alpha value is -1.33. The van der Waals surface area contributed by atoms with Crippen LogP contribution < -0.4 is 4.74 Å². The van der Waals surface area contributed by atoms with E-state index >= 15 is 0 Å². The average molecular weight is 460 g/mol. The lowest BCUT2D eigenvalue weighted by Crippen LogP contribution is -2.53. The molecular weight excluding hydrogens is 437 g/mol. The summed E-state index contributed by atoms with van der Waals surface area (Å²) >= 11 is 0. The Labute approximate surface area is 169 Å². The van der Waals surface area contributed by atoms with E-state index in [1.165, 1.54) is 12.1 Å². The van der Waals surface area contributed by atoms with Gasteiger partial charge in [-0.05, 0) is 56.9 Å². The molecule has 0 aliphatic carbocycles. The molecule has 0 unspecified atom stereocenters. The van der Waals surface area contributed by atoms with Crippen LogP contribution in [-0.4, -0.2) is 65.2 Å². The smallest absolute Gasteiger partial charge is 0.362 e. The van der Waals surface area contributed by atoms with Gasteiger partial charge in [-0.25, -0.2) is 9.59 Å². The zero-order valence-electron chi connectivity index (χ0n) is 16.1. The van der Waals surface area contributed by atoms with E-state index < -0.39 is 48.4 Å². The van der Waals surface area contributed by atoms with Crippen molar-refractivity contribution in [3.8, 4) is 5.75 Å². The third-order valence-corrected chi connectivity index (χ3v) is 15.4. The predicted octanol–water partition coefficient (Wildman–Crippen LogP) is 2.36. The van der Waals surface area contributed by atoms with Gasteiger partial charge in [0.05, 0.1) is 17.7 Å². The van der Waals surface area contributed by atoms with Crippen LogP contribution in [-0.2, 0) is 16.5 Å². The number of hydrogen-bond acceptors (Lipinski definition) is 7. The highest BCUT2D eigenvalue weighted by Crippen LogP contribution is 2.23. The van der Waals surface area contributed by atoms with Gasteiger partial charge in [-0.15, -0.1) is 0 Å². The van der Waals surface area contributed by atoms with E-state index in [1.807, 2.05) is 26.2 Å². The molecule has 1 heterocycles. The van der Waals surface area contributed by atoms with Gasteiger partial charge in [-0.2, -0.15) is 0 Å². The number of carbonyl (C=O) groups is 2. The monoisotopic (exact) mass is 459 g/mol. The molecule has 0 saturated carbocycles. The van der Waals surface area contributed by atoms with Gasteiger partial charge in [0.1, 0.15) is 5.75 Å². The minimum atomic E-state index is -2.48. The lowest BCUT2D eigenvalue weighted by molar-refractivity contribution is 0.0696. The molecule has 0 amide bonds. The van der Waals surface area contributed by atoms with Gasteiger partial charge in [0, 0.05) is 0 Å². The van der Waals surface area contributed by atoms with Crippen molar-refractivity contribution in [1.29, 1.82) is 0 Å². The molecule has 1 fully saturated rings. The average Bonchev–Trinajstić information content (AvgIpc) is 2.56. The molecule has 28 heavy (non-hydrogen) atoms. The molecule has 2 N–H and O–H groups in total. The highest BCUT2D eigenvalue weighted by molar-refractivity contribution is 6.81. The second-order valence-corrected chi connectivity index (χ2v) is 15.3. The molecular formula is C15H23O9Si4. The normalized spacial score (nSPS) is 19.0. The first-order valence-corrected chi connectivity index (χ1v) is 16.5. The number of hydrogen-bond donors (Lipinski definition) is 2. The lowest BCUT2D eigenvalue weighted by atomic mass is 10.1. The Morgan fingerprint density at radius 2 is 1.46 bits per heavy atom. The summed E-state index contributed by atoms with van der Waals surface area (Å²) in [4.78, 5) is 22.3. The number of aromatic carboxylic acids is 2. The third kappa shape index (κ3) is 6.93. The number of benzene rings is 1. The minimum Gasteiger partial charge on any atom is -0.494 e. The Bertz CT molecular complexity index is 671. The molecule has 0 aromatic heterocycles. The van der Waals surface area contributed by atoms with Gasteiger partial charge in [-0.1, -0.05) is 0 Å². The van der Waals surface area contributed by atoms with Crippen LogP contribution in [0.4, 0.5) is 0 Å². The molecule has 0 bridgehead atoms. The quantitative estimate of drug-likeness (QED) is 0.467. The van der Waals surface area contributed by atoms with E-state index in [2.05, 4.69) is 0 Å². The van der Waals surface area contributed by atoms with Crippen LogP contribution in [0.2, 0.25) is 32.2 Å². The maximum atomic E-state index is 11.2. The Morgan fingerprint density at radius 1 is 0.964 bits per heavy atom. The van der Waals surface area contributed by atoms with Gasteiger partial charge in [0.25, 0.3) is 0 Å². The van der Waals surface area contributed by atoms with Crippen molar-refractivity contribution in [2.45, 2.75) is 38.7 Å². The summed E-state index contributed by atoms with van der Waals surface area (Å²) in [5, 5.41) is 18.2. The fourth-order valence-electron chi connectivity index (χ4n) is 2.71. The molecule has 1 aliphatic rings.